The van der Waals surface area contributed by atoms with Gasteiger partial charge >= 0.3 is 0 Å². The van der Waals surface area contributed by atoms with E-state index in [0.29, 0.717) is 5.69 Å². The minimum Gasteiger partial charge on any atom is -0.368 e. The average Bonchev–Trinajstić information content (AvgIpc) is 2.36. The highest BCUT2D eigenvalue weighted by Crippen LogP contribution is 2.17. The van der Waals surface area contributed by atoms with Crippen LogP contribution in [0.1, 0.15) is 6.92 Å². The number of sulfonamides is 1. The van der Waals surface area contributed by atoms with Crippen molar-refractivity contribution in [2.45, 2.75) is 11.8 Å². The van der Waals surface area contributed by atoms with Gasteiger partial charge in [0.1, 0.15) is 0 Å². The van der Waals surface area contributed by atoms with Crippen LogP contribution in [0.2, 0.25) is 0 Å². The topological polar surface area (TPSA) is 166 Å². The van der Waals surface area contributed by atoms with Gasteiger partial charge in [-0.15, -0.1) is 0 Å². The molecule has 0 aliphatic rings. The van der Waals surface area contributed by atoms with Crippen molar-refractivity contribution in [3.8, 4) is 0 Å². The lowest BCUT2D eigenvalue weighted by atomic mass is 10.3. The number of nitrogen functional groups attached to an aromatic ring is 2. The van der Waals surface area contributed by atoms with Crippen LogP contribution in [0, 0.1) is 0 Å². The first-order valence-corrected chi connectivity index (χ1v) is 7.42. The SMILES string of the molecule is CC(=O)Nc1ccc(S(=O)(=O)Nc2nc(N)nc(N)n2)cc1. The van der Waals surface area contributed by atoms with Gasteiger partial charge in [-0.3, -0.25) is 4.79 Å². The standard InChI is InChI=1S/C11H13N7O3S/c1-6(19)14-7-2-4-8(5-3-7)22(20,21)18-11-16-9(12)15-10(13)17-11/h2-5H,1H3,(H,14,19)(H5,12,13,15,16,17,18). The summed E-state index contributed by atoms with van der Waals surface area (Å²) in [5.41, 5.74) is 11.2. The first-order chi connectivity index (χ1) is 10.3. The van der Waals surface area contributed by atoms with Gasteiger partial charge in [-0.05, 0) is 24.3 Å². The number of benzene rings is 1. The molecule has 0 radical (unpaired) electrons. The number of amides is 1. The van der Waals surface area contributed by atoms with Gasteiger partial charge in [0.15, 0.2) is 0 Å². The molecule has 1 aromatic carbocycles. The molecule has 22 heavy (non-hydrogen) atoms. The molecule has 1 aromatic heterocycles. The molecule has 0 saturated heterocycles. The van der Waals surface area contributed by atoms with E-state index in [4.69, 9.17) is 11.5 Å². The fraction of sp³-hybridized carbons (Fsp3) is 0.0909. The molecule has 2 aromatic rings. The smallest absolute Gasteiger partial charge is 0.264 e. The minimum absolute atomic E-state index is 0.0424. The Morgan fingerprint density at radius 2 is 1.59 bits per heavy atom. The monoisotopic (exact) mass is 323 g/mol. The molecule has 0 bridgehead atoms. The first kappa shape index (κ1) is 15.4. The van der Waals surface area contributed by atoms with E-state index in [1.807, 2.05) is 0 Å². The molecule has 6 N–H and O–H groups in total. The van der Waals surface area contributed by atoms with Crippen LogP contribution in [0.3, 0.4) is 0 Å². The van der Waals surface area contributed by atoms with Crippen molar-refractivity contribution in [2.75, 3.05) is 21.5 Å². The van der Waals surface area contributed by atoms with E-state index in [9.17, 15) is 13.2 Å². The van der Waals surface area contributed by atoms with E-state index in [1.54, 1.807) is 0 Å². The predicted molar refractivity (Wildman–Crippen MR) is 80.2 cm³/mol. The number of nitrogens with zero attached hydrogens (tertiary/aromatic N) is 3. The van der Waals surface area contributed by atoms with E-state index in [0.717, 1.165) is 0 Å². The molecule has 0 aliphatic heterocycles. The van der Waals surface area contributed by atoms with Gasteiger partial charge in [0, 0.05) is 12.6 Å². The third kappa shape index (κ3) is 3.79. The van der Waals surface area contributed by atoms with E-state index in [2.05, 4.69) is 25.0 Å². The number of nitrogens with one attached hydrogen (secondary N) is 2. The van der Waals surface area contributed by atoms with Crippen molar-refractivity contribution in [2.24, 2.45) is 0 Å². The molecule has 0 unspecified atom stereocenters. The third-order valence-electron chi connectivity index (χ3n) is 2.38. The number of nitrogens with two attached hydrogens (primary N) is 2. The van der Waals surface area contributed by atoms with E-state index >= 15 is 0 Å². The summed E-state index contributed by atoms with van der Waals surface area (Å²) in [6.45, 7) is 1.35. The Hall–Kier alpha value is -2.95. The zero-order chi connectivity index (χ0) is 16.3. The molecule has 10 nitrogen and oxygen atoms in total. The predicted octanol–water partition coefficient (Wildman–Crippen LogP) is -0.205. The Morgan fingerprint density at radius 3 is 2.09 bits per heavy atom. The maximum atomic E-state index is 12.2. The zero-order valence-electron chi connectivity index (χ0n) is 11.4. The van der Waals surface area contributed by atoms with E-state index in [-0.39, 0.29) is 28.6 Å². The molecular weight excluding hydrogens is 310 g/mol. The van der Waals surface area contributed by atoms with Gasteiger partial charge in [0.2, 0.25) is 23.8 Å². The third-order valence-corrected chi connectivity index (χ3v) is 3.72. The van der Waals surface area contributed by atoms with Crippen molar-refractivity contribution < 1.29 is 13.2 Å². The zero-order valence-corrected chi connectivity index (χ0v) is 12.3. The van der Waals surface area contributed by atoms with Gasteiger partial charge < -0.3 is 16.8 Å². The Labute approximate surface area is 126 Å². The molecule has 11 heteroatoms. The summed E-state index contributed by atoms with van der Waals surface area (Å²) in [6, 6.07) is 5.54. The molecule has 0 aliphatic carbocycles. The first-order valence-electron chi connectivity index (χ1n) is 5.94. The lowest BCUT2D eigenvalue weighted by Gasteiger charge is -2.08. The average molecular weight is 323 g/mol. The number of anilines is 4. The maximum Gasteiger partial charge on any atom is 0.264 e. The van der Waals surface area contributed by atoms with Gasteiger partial charge in [0.25, 0.3) is 10.0 Å². The number of hydrogen-bond donors (Lipinski definition) is 4. The van der Waals surface area contributed by atoms with E-state index < -0.39 is 10.0 Å². The Morgan fingerprint density at radius 1 is 1.05 bits per heavy atom. The molecule has 0 saturated carbocycles. The summed E-state index contributed by atoms with van der Waals surface area (Å²) in [6.07, 6.45) is 0. The Bertz CT molecular complexity index is 785. The van der Waals surface area contributed by atoms with E-state index in [1.165, 1.54) is 31.2 Å². The summed E-state index contributed by atoms with van der Waals surface area (Å²) < 4.78 is 26.5. The maximum absolute atomic E-state index is 12.2. The van der Waals surface area contributed by atoms with Gasteiger partial charge in [0.05, 0.1) is 4.90 Å². The van der Waals surface area contributed by atoms with Crippen LogP contribution in [-0.2, 0) is 14.8 Å². The lowest BCUT2D eigenvalue weighted by Crippen LogP contribution is -2.17. The van der Waals surface area contributed by atoms with Crippen LogP contribution in [0.5, 0.6) is 0 Å². The summed E-state index contributed by atoms with van der Waals surface area (Å²) in [5.74, 6) is -0.946. The van der Waals surface area contributed by atoms with Crippen molar-refractivity contribution in [3.63, 3.8) is 0 Å². The molecule has 1 amide bonds. The van der Waals surface area contributed by atoms with Gasteiger partial charge in [-0.2, -0.15) is 15.0 Å². The number of rotatable bonds is 4. The lowest BCUT2D eigenvalue weighted by molar-refractivity contribution is -0.114. The van der Waals surface area contributed by atoms with Gasteiger partial charge in [-0.25, -0.2) is 13.1 Å². The van der Waals surface area contributed by atoms with Crippen LogP contribution < -0.4 is 21.5 Å². The molecule has 0 fully saturated rings. The van der Waals surface area contributed by atoms with Crippen molar-refractivity contribution in [1.82, 2.24) is 15.0 Å². The highest BCUT2D eigenvalue weighted by molar-refractivity contribution is 7.92. The number of hydrogen-bond acceptors (Lipinski definition) is 8. The summed E-state index contributed by atoms with van der Waals surface area (Å²) in [5, 5.41) is 2.53. The minimum atomic E-state index is -3.92. The van der Waals surface area contributed by atoms with Crippen molar-refractivity contribution in [1.29, 1.82) is 0 Å². The van der Waals surface area contributed by atoms with Crippen LogP contribution in [0.25, 0.3) is 0 Å². The fourth-order valence-electron chi connectivity index (χ4n) is 1.55. The Kier molecular flexibility index (Phi) is 4.08. The summed E-state index contributed by atoms with van der Waals surface area (Å²) >= 11 is 0. The highest BCUT2D eigenvalue weighted by atomic mass is 32.2. The van der Waals surface area contributed by atoms with Crippen LogP contribution >= 0.6 is 0 Å². The van der Waals surface area contributed by atoms with Crippen molar-refractivity contribution >= 4 is 39.5 Å². The molecule has 2 rings (SSSR count). The number of aromatic nitrogens is 3. The Balaban J connectivity index is 2.24. The van der Waals surface area contributed by atoms with Crippen LogP contribution in [0.4, 0.5) is 23.5 Å². The summed E-state index contributed by atoms with van der Waals surface area (Å²) in [4.78, 5) is 21.7. The molecule has 0 atom stereocenters. The largest absolute Gasteiger partial charge is 0.368 e. The summed E-state index contributed by atoms with van der Waals surface area (Å²) in [7, 11) is -3.92. The second-order valence-electron chi connectivity index (χ2n) is 4.19. The number of carbonyl (C=O) groups is 1. The molecule has 0 spiro atoms. The molecular formula is C11H13N7O3S. The second-order valence-corrected chi connectivity index (χ2v) is 5.87. The fourth-order valence-corrected chi connectivity index (χ4v) is 2.50. The number of carbonyl (C=O) groups excluding carboxylic acids is 1. The highest BCUT2D eigenvalue weighted by Gasteiger charge is 2.16. The molecule has 1 heterocycles. The van der Waals surface area contributed by atoms with Crippen molar-refractivity contribution in [3.05, 3.63) is 24.3 Å². The second kappa shape index (κ2) is 5.81. The normalized spacial score (nSPS) is 11.0. The molecule has 116 valence electrons. The van der Waals surface area contributed by atoms with Crippen LogP contribution in [0.15, 0.2) is 29.2 Å². The van der Waals surface area contributed by atoms with Gasteiger partial charge in [-0.1, -0.05) is 0 Å². The van der Waals surface area contributed by atoms with Crippen LogP contribution in [-0.4, -0.2) is 29.3 Å². The quantitative estimate of drug-likeness (QED) is 0.600.